The number of hydrogen-bond acceptors (Lipinski definition) is 3. The molecule has 4 nitrogen and oxygen atoms in total. The Morgan fingerprint density at radius 2 is 1.88 bits per heavy atom. The smallest absolute Gasteiger partial charge is 0.382 e. The van der Waals surface area contributed by atoms with Crippen molar-refractivity contribution in [1.29, 1.82) is 0 Å². The standard InChI is InChI=1S/C21H17FN2O2/c22-17-11-9-16(10-12-17)21-13-15-7-4-8-18(15)23-24(21)19(20(25)26-21)14-5-2-1-3-6-14/h1-3,5-6,9-13,18H,4,7-8H2/p+1/t18-,21-/m1/s1. The van der Waals surface area contributed by atoms with E-state index in [1.807, 2.05) is 41.1 Å². The number of nitrogens with zero attached hydrogens (tertiary/aromatic N) is 1. The molecule has 1 aliphatic carbocycles. The van der Waals surface area contributed by atoms with E-state index in [9.17, 15) is 9.18 Å². The van der Waals surface area contributed by atoms with Gasteiger partial charge in [-0.2, -0.15) is 5.43 Å². The largest absolute Gasteiger partial charge is 0.412 e. The summed E-state index contributed by atoms with van der Waals surface area (Å²) in [5.41, 5.74) is 5.67. The Hall–Kier alpha value is -2.95. The highest BCUT2D eigenvalue weighted by atomic mass is 19.1. The van der Waals surface area contributed by atoms with Gasteiger partial charge < -0.3 is 4.74 Å². The van der Waals surface area contributed by atoms with Crippen molar-refractivity contribution in [3.05, 3.63) is 83.2 Å². The third-order valence-corrected chi connectivity index (χ3v) is 5.37. The van der Waals surface area contributed by atoms with E-state index in [4.69, 9.17) is 4.74 Å². The van der Waals surface area contributed by atoms with Crippen LogP contribution in [0.1, 0.15) is 30.4 Å². The van der Waals surface area contributed by atoms with E-state index in [1.165, 1.54) is 17.7 Å². The second-order valence-corrected chi connectivity index (χ2v) is 6.94. The first-order chi connectivity index (χ1) is 12.7. The number of rotatable bonds is 2. The van der Waals surface area contributed by atoms with E-state index in [-0.39, 0.29) is 17.8 Å². The number of benzene rings is 2. The second-order valence-electron chi connectivity index (χ2n) is 6.94. The third-order valence-electron chi connectivity index (χ3n) is 5.37. The molecule has 3 aliphatic rings. The molecule has 1 fully saturated rings. The zero-order valence-electron chi connectivity index (χ0n) is 14.1. The van der Waals surface area contributed by atoms with Crippen molar-refractivity contribution in [3.8, 4) is 0 Å². The number of fused-ring (bicyclic) bond motifs is 2. The monoisotopic (exact) mass is 349 g/mol. The molecule has 26 heavy (non-hydrogen) atoms. The topological polar surface area (TPSA) is 41.3 Å². The van der Waals surface area contributed by atoms with Crippen LogP contribution in [0.3, 0.4) is 0 Å². The zero-order valence-corrected chi connectivity index (χ0v) is 14.1. The van der Waals surface area contributed by atoms with Crippen molar-refractivity contribution in [3.63, 3.8) is 0 Å². The summed E-state index contributed by atoms with van der Waals surface area (Å²) in [6.07, 6.45) is 5.15. The first kappa shape index (κ1) is 15.3. The minimum absolute atomic E-state index is 0.205. The van der Waals surface area contributed by atoms with Crippen LogP contribution in [-0.2, 0) is 15.3 Å². The fourth-order valence-electron chi connectivity index (χ4n) is 4.15. The predicted octanol–water partition coefficient (Wildman–Crippen LogP) is 3.03. The number of carbonyl (C=O) groups excluding carboxylic acids is 1. The Balaban J connectivity index is 1.76. The van der Waals surface area contributed by atoms with E-state index < -0.39 is 5.72 Å². The summed E-state index contributed by atoms with van der Waals surface area (Å²) in [6.45, 7) is 0. The molecule has 0 unspecified atom stereocenters. The van der Waals surface area contributed by atoms with Crippen molar-refractivity contribution in [2.45, 2.75) is 31.0 Å². The molecule has 130 valence electrons. The first-order valence-electron chi connectivity index (χ1n) is 8.87. The van der Waals surface area contributed by atoms with E-state index in [0.717, 1.165) is 30.4 Å². The van der Waals surface area contributed by atoms with Gasteiger partial charge in [-0.15, -0.1) is 0 Å². The van der Waals surface area contributed by atoms with Gasteiger partial charge in [0.25, 0.3) is 0 Å². The molecule has 2 aliphatic heterocycles. The molecule has 5 heteroatoms. The summed E-state index contributed by atoms with van der Waals surface area (Å²) < 4.78 is 21.2. The number of hydrogen-bond donors (Lipinski definition) is 1. The molecule has 0 saturated heterocycles. The van der Waals surface area contributed by atoms with Gasteiger partial charge in [-0.25, -0.2) is 9.18 Å². The van der Waals surface area contributed by atoms with E-state index in [1.54, 1.807) is 12.1 Å². The maximum Gasteiger partial charge on any atom is 0.412 e. The highest BCUT2D eigenvalue weighted by Crippen LogP contribution is 2.41. The molecule has 0 spiro atoms. The number of nitrogens with one attached hydrogen (secondary N) is 1. The van der Waals surface area contributed by atoms with Gasteiger partial charge in [-0.1, -0.05) is 22.9 Å². The first-order valence-corrected chi connectivity index (χ1v) is 8.87. The van der Waals surface area contributed by atoms with Crippen molar-refractivity contribution in [2.75, 3.05) is 0 Å². The Morgan fingerprint density at radius 1 is 1.12 bits per heavy atom. The quantitative estimate of drug-likeness (QED) is 0.515. The minimum Gasteiger partial charge on any atom is -0.382 e. The maximum atomic E-state index is 13.5. The van der Waals surface area contributed by atoms with Crippen LogP contribution in [0, 0.1) is 5.82 Å². The van der Waals surface area contributed by atoms with E-state index >= 15 is 0 Å². The second kappa shape index (κ2) is 5.53. The Kier molecular flexibility index (Phi) is 3.26. The molecule has 1 saturated carbocycles. The van der Waals surface area contributed by atoms with Crippen LogP contribution >= 0.6 is 0 Å². The van der Waals surface area contributed by atoms with Gasteiger partial charge >= 0.3 is 17.4 Å². The minimum atomic E-state index is -1.08. The Morgan fingerprint density at radius 3 is 2.65 bits per heavy atom. The molecule has 2 aromatic carbocycles. The SMILES string of the molecule is O=C1O[C@@]2(c3ccc(F)cc3)C=C3CCC[C@H]3N[N+]2=C1c1ccccc1. The average molecular weight is 349 g/mol. The summed E-state index contributed by atoms with van der Waals surface area (Å²) in [6, 6.07) is 15.9. The lowest BCUT2D eigenvalue weighted by atomic mass is 9.95. The van der Waals surface area contributed by atoms with Crippen LogP contribution in [0.2, 0.25) is 0 Å². The number of carbonyl (C=O) groups is 1. The van der Waals surface area contributed by atoms with Crippen LogP contribution in [-0.4, -0.2) is 22.4 Å². The molecule has 2 atom stereocenters. The van der Waals surface area contributed by atoms with Gasteiger partial charge in [0, 0.05) is 6.08 Å². The summed E-state index contributed by atoms with van der Waals surface area (Å²) in [4.78, 5) is 12.9. The normalized spacial score (nSPS) is 26.7. The van der Waals surface area contributed by atoms with Crippen molar-refractivity contribution < 1.29 is 18.6 Å². The molecule has 0 amide bonds. The molecular formula is C21H18FN2O2+. The molecule has 0 aromatic heterocycles. The van der Waals surface area contributed by atoms with Gasteiger partial charge in [0.1, 0.15) is 11.9 Å². The summed E-state index contributed by atoms with van der Waals surface area (Å²) in [5.74, 6) is -0.701. The van der Waals surface area contributed by atoms with Crippen LogP contribution in [0.25, 0.3) is 0 Å². The van der Waals surface area contributed by atoms with Gasteiger partial charge in [0.15, 0.2) is 0 Å². The molecule has 5 rings (SSSR count). The lowest BCUT2D eigenvalue weighted by Gasteiger charge is -2.29. The summed E-state index contributed by atoms with van der Waals surface area (Å²) in [7, 11) is 0. The van der Waals surface area contributed by atoms with Crippen molar-refractivity contribution in [2.24, 2.45) is 0 Å². The van der Waals surface area contributed by atoms with Crippen LogP contribution < -0.4 is 5.43 Å². The molecule has 2 aromatic rings. The number of esters is 1. The van der Waals surface area contributed by atoms with Crippen LogP contribution in [0.15, 0.2) is 66.2 Å². The summed E-state index contributed by atoms with van der Waals surface area (Å²) >= 11 is 0. The lowest BCUT2D eigenvalue weighted by Crippen LogP contribution is -2.53. The number of hydrazone groups is 1. The number of ether oxygens (including phenoxy) is 1. The Bertz CT molecular complexity index is 950. The van der Waals surface area contributed by atoms with Gasteiger partial charge in [-0.05, 0) is 61.2 Å². The predicted molar refractivity (Wildman–Crippen MR) is 93.8 cm³/mol. The van der Waals surface area contributed by atoms with E-state index in [2.05, 4.69) is 5.43 Å². The highest BCUT2D eigenvalue weighted by Gasteiger charge is 2.60. The fraction of sp³-hybridized carbons (Fsp3) is 0.238. The molecular weight excluding hydrogens is 331 g/mol. The van der Waals surface area contributed by atoms with E-state index in [0.29, 0.717) is 5.71 Å². The van der Waals surface area contributed by atoms with Crippen molar-refractivity contribution in [1.82, 2.24) is 5.43 Å². The molecule has 0 radical (unpaired) electrons. The maximum absolute atomic E-state index is 13.5. The van der Waals surface area contributed by atoms with Gasteiger partial charge in [0.2, 0.25) is 0 Å². The molecule has 2 heterocycles. The molecule has 1 N–H and O–H groups in total. The number of halogens is 1. The molecule has 0 bridgehead atoms. The fourth-order valence-corrected chi connectivity index (χ4v) is 4.15. The third kappa shape index (κ3) is 2.13. The number of hydrazine groups is 1. The average Bonchev–Trinajstić information content (AvgIpc) is 3.21. The zero-order chi connectivity index (χ0) is 17.7. The highest BCUT2D eigenvalue weighted by molar-refractivity contribution is 6.41. The van der Waals surface area contributed by atoms with Crippen molar-refractivity contribution >= 4 is 11.7 Å². The summed E-state index contributed by atoms with van der Waals surface area (Å²) in [5, 5.41) is 0. The lowest BCUT2D eigenvalue weighted by molar-refractivity contribution is -0.692. The van der Waals surface area contributed by atoms with Crippen LogP contribution in [0.5, 0.6) is 0 Å². The van der Waals surface area contributed by atoms with Gasteiger partial charge in [0.05, 0.1) is 11.1 Å². The Labute approximate surface area is 150 Å². The van der Waals surface area contributed by atoms with Gasteiger partial charge in [-0.3, -0.25) is 0 Å². The van der Waals surface area contributed by atoms with Crippen LogP contribution in [0.4, 0.5) is 4.39 Å².